The van der Waals surface area contributed by atoms with Gasteiger partial charge < -0.3 is 9.80 Å². The maximum absolute atomic E-state index is 12.1. The minimum atomic E-state index is -0.105. The first-order valence-electron chi connectivity index (χ1n) is 8.95. The Kier molecular flexibility index (Phi) is 10.4. The molecule has 0 bridgehead atoms. The lowest BCUT2D eigenvalue weighted by molar-refractivity contribution is 0.103. The molecule has 0 radical (unpaired) electrons. The van der Waals surface area contributed by atoms with Crippen molar-refractivity contribution in [3.63, 3.8) is 0 Å². The number of benzene rings is 1. The summed E-state index contributed by atoms with van der Waals surface area (Å²) in [6.07, 6.45) is 21.3. The van der Waals surface area contributed by atoms with E-state index in [2.05, 4.69) is 0 Å². The van der Waals surface area contributed by atoms with Gasteiger partial charge in [0.05, 0.1) is 0 Å². The quantitative estimate of drug-likeness (QED) is 0.344. The van der Waals surface area contributed by atoms with E-state index < -0.39 is 0 Å². The van der Waals surface area contributed by atoms with Gasteiger partial charge in [0.1, 0.15) is 0 Å². The van der Waals surface area contributed by atoms with Crippen LogP contribution in [0.2, 0.25) is 0 Å². The van der Waals surface area contributed by atoms with Crippen molar-refractivity contribution >= 4 is 11.6 Å². The lowest BCUT2D eigenvalue weighted by Crippen LogP contribution is -1.99. The lowest BCUT2D eigenvalue weighted by atomic mass is 10.0. The van der Waals surface area contributed by atoms with Crippen LogP contribution in [0.4, 0.5) is 0 Å². The Hall–Kier alpha value is -3.40. The number of carbonyl (C=O) groups excluding carboxylic acids is 2. The molecule has 0 aromatic heterocycles. The van der Waals surface area contributed by atoms with Crippen molar-refractivity contribution in [2.24, 2.45) is 0 Å². The van der Waals surface area contributed by atoms with Crippen molar-refractivity contribution < 1.29 is 9.59 Å². The van der Waals surface area contributed by atoms with Gasteiger partial charge in [-0.15, -0.1) is 0 Å². The van der Waals surface area contributed by atoms with Crippen LogP contribution >= 0.6 is 0 Å². The maximum atomic E-state index is 12.1. The van der Waals surface area contributed by atoms with Crippen LogP contribution in [0.1, 0.15) is 20.7 Å². The van der Waals surface area contributed by atoms with Gasteiger partial charge in [0.15, 0.2) is 11.6 Å². The summed E-state index contributed by atoms with van der Waals surface area (Å²) in [5.41, 5.74) is 1.09. The third-order valence-corrected chi connectivity index (χ3v) is 3.38. The molecule has 0 amide bonds. The van der Waals surface area contributed by atoms with Gasteiger partial charge in [0.2, 0.25) is 0 Å². The number of rotatable bonds is 10. The molecule has 0 N–H and O–H groups in total. The van der Waals surface area contributed by atoms with Gasteiger partial charge in [0, 0.05) is 39.3 Å². The van der Waals surface area contributed by atoms with E-state index in [1.54, 1.807) is 48.6 Å². The second-order valence-corrected chi connectivity index (χ2v) is 6.40. The zero-order chi connectivity index (χ0) is 20.8. The molecule has 0 unspecified atom stereocenters. The zero-order valence-electron chi connectivity index (χ0n) is 16.9. The van der Waals surface area contributed by atoms with Crippen molar-refractivity contribution in [3.05, 3.63) is 109 Å². The summed E-state index contributed by atoms with van der Waals surface area (Å²) in [6.45, 7) is 0. The van der Waals surface area contributed by atoms with Crippen molar-refractivity contribution in [2.45, 2.75) is 0 Å². The Balaban J connectivity index is 2.60. The summed E-state index contributed by atoms with van der Waals surface area (Å²) in [5, 5.41) is 0. The van der Waals surface area contributed by atoms with Crippen molar-refractivity contribution in [1.29, 1.82) is 0 Å². The van der Waals surface area contributed by atoms with Gasteiger partial charge in [0.25, 0.3) is 0 Å². The SMILES string of the molecule is CN(C)C=CC=CC=CC(=O)c1ccc(C(=O)C=CC=CC=CN(C)C)cc1. The second-order valence-electron chi connectivity index (χ2n) is 6.40. The Bertz CT molecular complexity index is 737. The molecule has 146 valence electrons. The molecule has 0 fully saturated rings. The first-order chi connectivity index (χ1) is 13.4. The van der Waals surface area contributed by atoms with E-state index in [1.165, 1.54) is 12.2 Å². The molecule has 0 spiro atoms. The lowest BCUT2D eigenvalue weighted by Gasteiger charge is -2.00. The van der Waals surface area contributed by atoms with E-state index in [0.717, 1.165) is 0 Å². The molecular weight excluding hydrogens is 348 g/mol. The van der Waals surface area contributed by atoms with Crippen LogP contribution < -0.4 is 0 Å². The highest BCUT2D eigenvalue weighted by atomic mass is 16.1. The van der Waals surface area contributed by atoms with Crippen LogP contribution in [0.25, 0.3) is 0 Å². The molecule has 0 aliphatic rings. The molecule has 0 aliphatic carbocycles. The Morgan fingerprint density at radius 3 is 1.21 bits per heavy atom. The first-order valence-corrected chi connectivity index (χ1v) is 8.95. The van der Waals surface area contributed by atoms with E-state index in [4.69, 9.17) is 0 Å². The smallest absolute Gasteiger partial charge is 0.185 e. The average Bonchev–Trinajstić information content (AvgIpc) is 2.66. The number of hydrogen-bond donors (Lipinski definition) is 0. The molecule has 0 heterocycles. The fraction of sp³-hybridized carbons (Fsp3) is 0.167. The van der Waals surface area contributed by atoms with Gasteiger partial charge in [-0.05, 0) is 36.7 Å². The van der Waals surface area contributed by atoms with Gasteiger partial charge in [-0.2, -0.15) is 0 Å². The van der Waals surface area contributed by atoms with Crippen molar-refractivity contribution in [2.75, 3.05) is 28.2 Å². The monoisotopic (exact) mass is 376 g/mol. The summed E-state index contributed by atoms with van der Waals surface area (Å²) in [7, 11) is 7.76. The van der Waals surface area contributed by atoms with E-state index in [9.17, 15) is 9.59 Å². The normalized spacial score (nSPS) is 12.4. The summed E-state index contributed by atoms with van der Waals surface area (Å²) >= 11 is 0. The van der Waals surface area contributed by atoms with Crippen LogP contribution in [0.15, 0.2) is 97.4 Å². The number of hydrogen-bond acceptors (Lipinski definition) is 4. The van der Waals surface area contributed by atoms with E-state index in [-0.39, 0.29) is 11.6 Å². The fourth-order valence-electron chi connectivity index (χ4n) is 1.98. The summed E-state index contributed by atoms with van der Waals surface area (Å²) in [4.78, 5) is 28.1. The zero-order valence-corrected chi connectivity index (χ0v) is 16.9. The molecular formula is C24H28N2O2. The second kappa shape index (κ2) is 12.9. The molecule has 0 aliphatic heterocycles. The van der Waals surface area contributed by atoms with Crippen LogP contribution in [-0.4, -0.2) is 49.6 Å². The molecule has 0 saturated heterocycles. The largest absolute Gasteiger partial charge is 0.383 e. The highest BCUT2D eigenvalue weighted by Gasteiger charge is 2.04. The predicted molar refractivity (Wildman–Crippen MR) is 117 cm³/mol. The van der Waals surface area contributed by atoms with Crippen molar-refractivity contribution in [1.82, 2.24) is 9.80 Å². The Morgan fingerprint density at radius 1 is 0.571 bits per heavy atom. The van der Waals surface area contributed by atoms with Crippen LogP contribution in [0.5, 0.6) is 0 Å². The minimum Gasteiger partial charge on any atom is -0.383 e. The van der Waals surface area contributed by atoms with E-state index >= 15 is 0 Å². The van der Waals surface area contributed by atoms with Gasteiger partial charge >= 0.3 is 0 Å². The molecule has 1 rings (SSSR count). The highest BCUT2D eigenvalue weighted by Crippen LogP contribution is 2.08. The van der Waals surface area contributed by atoms with Crippen molar-refractivity contribution in [3.8, 4) is 0 Å². The number of carbonyl (C=O) groups is 2. The summed E-state index contributed by atoms with van der Waals surface area (Å²) < 4.78 is 0. The highest BCUT2D eigenvalue weighted by molar-refractivity contribution is 6.07. The van der Waals surface area contributed by atoms with Crippen LogP contribution in [0, 0.1) is 0 Å². The van der Waals surface area contributed by atoms with Gasteiger partial charge in [-0.1, -0.05) is 60.7 Å². The molecule has 28 heavy (non-hydrogen) atoms. The molecule has 4 nitrogen and oxygen atoms in total. The number of ketones is 2. The average molecular weight is 377 g/mol. The van der Waals surface area contributed by atoms with E-state index in [0.29, 0.717) is 11.1 Å². The number of allylic oxidation sites excluding steroid dienone is 10. The maximum Gasteiger partial charge on any atom is 0.185 e. The molecule has 1 aromatic rings. The third-order valence-electron chi connectivity index (χ3n) is 3.38. The van der Waals surface area contributed by atoms with Crippen LogP contribution in [0.3, 0.4) is 0 Å². The third kappa shape index (κ3) is 9.92. The molecule has 1 aromatic carbocycles. The summed E-state index contributed by atoms with van der Waals surface area (Å²) in [6, 6.07) is 6.66. The first kappa shape index (κ1) is 22.6. The Morgan fingerprint density at radius 2 is 0.893 bits per heavy atom. The topological polar surface area (TPSA) is 40.6 Å². The molecule has 4 heteroatoms. The Labute approximate surface area is 168 Å². The minimum absolute atomic E-state index is 0.105. The van der Waals surface area contributed by atoms with E-state index in [1.807, 2.05) is 74.7 Å². The molecule has 0 saturated carbocycles. The van der Waals surface area contributed by atoms with Crippen LogP contribution in [-0.2, 0) is 0 Å². The van der Waals surface area contributed by atoms with Gasteiger partial charge in [-0.3, -0.25) is 9.59 Å². The summed E-state index contributed by atoms with van der Waals surface area (Å²) in [5.74, 6) is -0.210. The molecule has 0 atom stereocenters. The van der Waals surface area contributed by atoms with Gasteiger partial charge in [-0.25, -0.2) is 0 Å². The fourth-order valence-corrected chi connectivity index (χ4v) is 1.98. The standard InChI is InChI=1S/C24H28N2O2/c1-25(2)19-11-7-5-9-13-23(27)21-15-17-22(18-16-21)24(28)14-10-6-8-12-20-26(3)4/h5-20H,1-4H3. The number of nitrogens with zero attached hydrogens (tertiary/aromatic N) is 2. The predicted octanol–water partition coefficient (Wildman–Crippen LogP) is 4.43.